The van der Waals surface area contributed by atoms with Crippen LogP contribution in [-0.4, -0.2) is 23.6 Å². The van der Waals surface area contributed by atoms with Gasteiger partial charge in [0.05, 0.1) is 11.8 Å². The SMILES string of the molecule is N#Cc1ccc(C(=O)Nc2ccc(F)c([C@]3(CF)C=COC(N)=N3)c2)nc1. The van der Waals surface area contributed by atoms with Crippen molar-refractivity contribution in [2.75, 3.05) is 12.0 Å². The summed E-state index contributed by atoms with van der Waals surface area (Å²) in [5.74, 6) is -1.29. The molecule has 3 N–H and O–H groups in total. The quantitative estimate of drug-likeness (QED) is 0.859. The van der Waals surface area contributed by atoms with Gasteiger partial charge in [-0.2, -0.15) is 5.26 Å². The van der Waals surface area contributed by atoms with Gasteiger partial charge in [0.15, 0.2) is 0 Å². The maximum atomic E-state index is 14.3. The molecule has 0 spiro atoms. The Morgan fingerprint density at radius 1 is 1.37 bits per heavy atom. The van der Waals surface area contributed by atoms with E-state index in [1.54, 1.807) is 0 Å². The van der Waals surface area contributed by atoms with Gasteiger partial charge < -0.3 is 15.8 Å². The second-order valence-electron chi connectivity index (χ2n) is 5.62. The predicted octanol–water partition coefficient (Wildman–Crippen LogP) is 2.37. The number of nitrogens with zero attached hydrogens (tertiary/aromatic N) is 3. The van der Waals surface area contributed by atoms with Gasteiger partial charge in [-0.15, -0.1) is 0 Å². The van der Waals surface area contributed by atoms with Gasteiger partial charge in [-0.1, -0.05) is 0 Å². The molecule has 3 rings (SSSR count). The Hall–Kier alpha value is -3.80. The van der Waals surface area contributed by atoms with E-state index >= 15 is 0 Å². The number of hydrogen-bond donors (Lipinski definition) is 2. The fraction of sp³-hybridized carbons (Fsp3) is 0.111. The van der Waals surface area contributed by atoms with Crippen LogP contribution in [0.25, 0.3) is 0 Å². The Morgan fingerprint density at radius 3 is 2.81 bits per heavy atom. The summed E-state index contributed by atoms with van der Waals surface area (Å²) >= 11 is 0. The molecule has 9 heteroatoms. The molecule has 0 fully saturated rings. The second-order valence-corrected chi connectivity index (χ2v) is 5.62. The first kappa shape index (κ1) is 18.0. The monoisotopic (exact) mass is 369 g/mol. The van der Waals surface area contributed by atoms with Crippen LogP contribution in [-0.2, 0) is 10.3 Å². The minimum absolute atomic E-state index is 0.0632. The zero-order chi connectivity index (χ0) is 19.4. The number of aromatic nitrogens is 1. The highest BCUT2D eigenvalue weighted by Gasteiger charge is 2.35. The summed E-state index contributed by atoms with van der Waals surface area (Å²) < 4.78 is 32.9. The predicted molar refractivity (Wildman–Crippen MR) is 92.8 cm³/mol. The molecule has 0 aliphatic carbocycles. The van der Waals surface area contributed by atoms with E-state index in [-0.39, 0.29) is 23.0 Å². The van der Waals surface area contributed by atoms with Crippen molar-refractivity contribution >= 4 is 17.6 Å². The van der Waals surface area contributed by atoms with Gasteiger partial charge in [-0.05, 0) is 36.4 Å². The first-order valence-corrected chi connectivity index (χ1v) is 7.70. The molecule has 1 aromatic carbocycles. The number of rotatable bonds is 4. The number of anilines is 1. The van der Waals surface area contributed by atoms with Crippen LogP contribution in [0.1, 0.15) is 21.6 Å². The van der Waals surface area contributed by atoms with Gasteiger partial charge in [0.25, 0.3) is 11.9 Å². The maximum absolute atomic E-state index is 14.3. The normalized spacial score (nSPS) is 18.2. The number of nitrogens with two attached hydrogens (primary N) is 1. The summed E-state index contributed by atoms with van der Waals surface area (Å²) in [5.41, 5.74) is 4.27. The summed E-state index contributed by atoms with van der Waals surface area (Å²) in [5, 5.41) is 11.3. The maximum Gasteiger partial charge on any atom is 0.288 e. The molecule has 1 atom stereocenters. The van der Waals surface area contributed by atoms with Crippen molar-refractivity contribution in [1.82, 2.24) is 4.98 Å². The molecule has 2 aromatic rings. The number of alkyl halides is 1. The summed E-state index contributed by atoms with van der Waals surface area (Å²) in [7, 11) is 0. The molecule has 136 valence electrons. The van der Waals surface area contributed by atoms with E-state index in [9.17, 15) is 13.6 Å². The summed E-state index contributed by atoms with van der Waals surface area (Å²) in [6.07, 6.45) is 3.64. The van der Waals surface area contributed by atoms with E-state index in [0.29, 0.717) is 5.56 Å². The van der Waals surface area contributed by atoms with E-state index in [1.165, 1.54) is 36.5 Å². The zero-order valence-corrected chi connectivity index (χ0v) is 13.8. The minimum atomic E-state index is -1.68. The molecule has 2 heterocycles. The minimum Gasteiger partial charge on any atom is -0.434 e. The molecule has 1 aliphatic rings. The van der Waals surface area contributed by atoms with Crippen LogP contribution in [0.5, 0.6) is 0 Å². The number of benzene rings is 1. The number of halogens is 2. The highest BCUT2D eigenvalue weighted by atomic mass is 19.1. The lowest BCUT2D eigenvalue weighted by Crippen LogP contribution is -2.32. The van der Waals surface area contributed by atoms with Crippen molar-refractivity contribution in [2.45, 2.75) is 5.54 Å². The molecule has 7 nitrogen and oxygen atoms in total. The number of hydrogen-bond acceptors (Lipinski definition) is 6. The van der Waals surface area contributed by atoms with Crippen LogP contribution in [0.4, 0.5) is 14.5 Å². The largest absolute Gasteiger partial charge is 0.434 e. The van der Waals surface area contributed by atoms with E-state index < -0.39 is 23.9 Å². The third-order valence-electron chi connectivity index (χ3n) is 3.86. The van der Waals surface area contributed by atoms with Crippen LogP contribution in [0, 0.1) is 17.1 Å². The highest BCUT2D eigenvalue weighted by Crippen LogP contribution is 2.34. The molecule has 0 saturated carbocycles. The van der Waals surface area contributed by atoms with E-state index in [1.807, 2.05) is 6.07 Å². The Labute approximate surface area is 152 Å². The molecular formula is C18H13F2N5O2. The van der Waals surface area contributed by atoms with Crippen molar-refractivity contribution in [1.29, 1.82) is 5.26 Å². The number of aliphatic imine (C=N–C) groups is 1. The van der Waals surface area contributed by atoms with Crippen LogP contribution < -0.4 is 11.1 Å². The van der Waals surface area contributed by atoms with Crippen molar-refractivity contribution in [2.24, 2.45) is 10.7 Å². The third kappa shape index (κ3) is 3.59. The van der Waals surface area contributed by atoms with Gasteiger partial charge in [0.1, 0.15) is 29.8 Å². The fourth-order valence-electron chi connectivity index (χ4n) is 2.50. The highest BCUT2D eigenvalue weighted by molar-refractivity contribution is 6.02. The van der Waals surface area contributed by atoms with Crippen LogP contribution in [0.2, 0.25) is 0 Å². The van der Waals surface area contributed by atoms with Crippen molar-refractivity contribution in [3.63, 3.8) is 0 Å². The average molecular weight is 369 g/mol. The molecule has 1 aliphatic heterocycles. The molecule has 1 aromatic heterocycles. The third-order valence-corrected chi connectivity index (χ3v) is 3.86. The lowest BCUT2D eigenvalue weighted by atomic mass is 9.90. The van der Waals surface area contributed by atoms with Gasteiger partial charge in [0, 0.05) is 17.4 Å². The van der Waals surface area contributed by atoms with Gasteiger partial charge in [-0.3, -0.25) is 4.79 Å². The summed E-state index contributed by atoms with van der Waals surface area (Å²) in [6, 6.07) is 8.10. The van der Waals surface area contributed by atoms with Gasteiger partial charge in [0.2, 0.25) is 0 Å². The topological polar surface area (TPSA) is 113 Å². The lowest BCUT2D eigenvalue weighted by Gasteiger charge is -2.27. The Balaban J connectivity index is 1.91. The number of amides is 1. The number of nitriles is 1. The second kappa shape index (κ2) is 7.21. The number of pyridine rings is 1. The number of carbonyl (C=O) groups is 1. The Morgan fingerprint density at radius 2 is 2.19 bits per heavy atom. The molecule has 0 radical (unpaired) electrons. The summed E-state index contributed by atoms with van der Waals surface area (Å²) in [6.45, 7) is -1.06. The van der Waals surface area contributed by atoms with Crippen molar-refractivity contribution in [3.8, 4) is 6.07 Å². The van der Waals surface area contributed by atoms with E-state index in [0.717, 1.165) is 12.3 Å². The molecule has 0 saturated heterocycles. The Bertz CT molecular complexity index is 982. The van der Waals surface area contributed by atoms with Crippen LogP contribution >= 0.6 is 0 Å². The number of carbonyl (C=O) groups excluding carboxylic acids is 1. The standard InChI is InChI=1S/C18H13F2N5O2/c19-10-18(5-6-27-17(22)25-18)13-7-12(2-3-14(13)20)24-16(26)15-4-1-11(8-21)9-23-15/h1-7,9H,10H2,(H2,22,25)(H,24,26)/t18-/m1/s1. The van der Waals surface area contributed by atoms with E-state index in [4.69, 9.17) is 15.7 Å². The van der Waals surface area contributed by atoms with Crippen molar-refractivity contribution in [3.05, 3.63) is 71.5 Å². The van der Waals surface area contributed by atoms with E-state index in [2.05, 4.69) is 15.3 Å². The molecule has 0 unspecified atom stereocenters. The van der Waals surface area contributed by atoms with Gasteiger partial charge >= 0.3 is 0 Å². The molecule has 27 heavy (non-hydrogen) atoms. The lowest BCUT2D eigenvalue weighted by molar-refractivity contribution is 0.102. The number of ether oxygens (including phenoxy) is 1. The zero-order valence-electron chi connectivity index (χ0n) is 13.8. The summed E-state index contributed by atoms with van der Waals surface area (Å²) in [4.78, 5) is 20.0. The smallest absolute Gasteiger partial charge is 0.288 e. The van der Waals surface area contributed by atoms with Crippen LogP contribution in [0.3, 0.4) is 0 Å². The number of nitrogens with one attached hydrogen (secondary N) is 1. The van der Waals surface area contributed by atoms with Gasteiger partial charge in [-0.25, -0.2) is 18.8 Å². The fourth-order valence-corrected chi connectivity index (χ4v) is 2.50. The molecule has 1 amide bonds. The van der Waals surface area contributed by atoms with Crippen LogP contribution in [0.15, 0.2) is 53.9 Å². The molecular weight excluding hydrogens is 356 g/mol. The average Bonchev–Trinajstić information content (AvgIpc) is 2.69. The first-order chi connectivity index (χ1) is 13.0. The first-order valence-electron chi connectivity index (χ1n) is 7.70. The molecule has 0 bridgehead atoms. The van der Waals surface area contributed by atoms with Crippen molar-refractivity contribution < 1.29 is 18.3 Å². The Kier molecular flexibility index (Phi) is 4.81. The number of amidine groups is 1.